The summed E-state index contributed by atoms with van der Waals surface area (Å²) in [5.41, 5.74) is 2.21. The van der Waals surface area contributed by atoms with E-state index in [1.54, 1.807) is 13.3 Å². The number of aromatic nitrogens is 1. The quantitative estimate of drug-likeness (QED) is 0.805. The second-order valence-corrected chi connectivity index (χ2v) is 6.05. The van der Waals surface area contributed by atoms with Crippen LogP contribution < -0.4 is 14.8 Å². The second-order valence-electron chi connectivity index (χ2n) is 6.05. The Hall–Kier alpha value is -2.07. The van der Waals surface area contributed by atoms with Crippen molar-refractivity contribution in [3.05, 3.63) is 53.9 Å². The van der Waals surface area contributed by atoms with Gasteiger partial charge in [-0.2, -0.15) is 0 Å². The summed E-state index contributed by atoms with van der Waals surface area (Å²) in [6.07, 6.45) is 3.56. The van der Waals surface area contributed by atoms with Crippen molar-refractivity contribution in [1.29, 1.82) is 0 Å². The second kappa shape index (κ2) is 8.53. The highest BCUT2D eigenvalue weighted by atomic mass is 16.5. The third-order valence-electron chi connectivity index (χ3n) is 3.97. The van der Waals surface area contributed by atoms with Crippen LogP contribution in [0.15, 0.2) is 42.7 Å². The first kappa shape index (κ1) is 17.3. The Labute approximate surface area is 138 Å². The van der Waals surface area contributed by atoms with Crippen molar-refractivity contribution >= 4 is 0 Å². The Morgan fingerprint density at radius 2 is 1.91 bits per heavy atom. The van der Waals surface area contributed by atoms with Gasteiger partial charge in [-0.05, 0) is 36.6 Å². The third kappa shape index (κ3) is 5.25. The van der Waals surface area contributed by atoms with Gasteiger partial charge in [0, 0.05) is 30.5 Å². The number of nitrogens with zero attached hydrogens (tertiary/aromatic N) is 1. The van der Waals surface area contributed by atoms with E-state index < -0.39 is 0 Å². The molecule has 0 saturated carbocycles. The van der Waals surface area contributed by atoms with Gasteiger partial charge in [0.25, 0.3) is 0 Å². The molecule has 2 rings (SSSR count). The summed E-state index contributed by atoms with van der Waals surface area (Å²) in [6, 6.07) is 10.4. The smallest absolute Gasteiger partial charge is 0.161 e. The fourth-order valence-electron chi connectivity index (χ4n) is 2.10. The fraction of sp³-hybridized carbons (Fsp3) is 0.421. The predicted molar refractivity (Wildman–Crippen MR) is 92.7 cm³/mol. The zero-order valence-corrected chi connectivity index (χ0v) is 14.4. The molecule has 0 bridgehead atoms. The van der Waals surface area contributed by atoms with Gasteiger partial charge in [-0.15, -0.1) is 0 Å². The van der Waals surface area contributed by atoms with Crippen LogP contribution in [0.1, 0.15) is 31.9 Å². The minimum absolute atomic E-state index is 0.469. The van der Waals surface area contributed by atoms with Crippen molar-refractivity contribution in [2.24, 2.45) is 5.92 Å². The summed E-state index contributed by atoms with van der Waals surface area (Å²) < 4.78 is 11.3. The zero-order chi connectivity index (χ0) is 16.7. The molecule has 23 heavy (non-hydrogen) atoms. The van der Waals surface area contributed by atoms with Crippen molar-refractivity contribution in [3.8, 4) is 11.5 Å². The van der Waals surface area contributed by atoms with Gasteiger partial charge in [0.15, 0.2) is 11.5 Å². The predicted octanol–water partition coefficient (Wildman–Crippen LogP) is 3.80. The summed E-state index contributed by atoms with van der Waals surface area (Å²) in [7, 11) is 1.66. The van der Waals surface area contributed by atoms with Crippen molar-refractivity contribution in [2.45, 2.75) is 40.0 Å². The highest BCUT2D eigenvalue weighted by Gasteiger charge is 2.09. The van der Waals surface area contributed by atoms with Gasteiger partial charge in [0.2, 0.25) is 0 Å². The first-order chi connectivity index (χ1) is 11.1. The van der Waals surface area contributed by atoms with Crippen molar-refractivity contribution in [2.75, 3.05) is 7.11 Å². The van der Waals surface area contributed by atoms with Gasteiger partial charge in [-0.25, -0.2) is 0 Å². The average Bonchev–Trinajstić information content (AvgIpc) is 2.58. The molecule has 4 nitrogen and oxygen atoms in total. The molecule has 2 aromatic rings. The van der Waals surface area contributed by atoms with Crippen LogP contribution >= 0.6 is 0 Å². The van der Waals surface area contributed by atoms with Gasteiger partial charge in [0.05, 0.1) is 7.11 Å². The monoisotopic (exact) mass is 314 g/mol. The van der Waals surface area contributed by atoms with E-state index in [9.17, 15) is 0 Å². The number of hydrogen-bond donors (Lipinski definition) is 1. The van der Waals surface area contributed by atoms with E-state index >= 15 is 0 Å². The lowest BCUT2D eigenvalue weighted by atomic mass is 10.1. The normalized spacial score (nSPS) is 12.2. The summed E-state index contributed by atoms with van der Waals surface area (Å²) >= 11 is 0. The lowest BCUT2D eigenvalue weighted by Gasteiger charge is -2.18. The van der Waals surface area contributed by atoms with E-state index in [1.165, 1.54) is 5.56 Å². The first-order valence-electron chi connectivity index (χ1n) is 8.02. The maximum Gasteiger partial charge on any atom is 0.161 e. The largest absolute Gasteiger partial charge is 0.493 e. The molecule has 0 aliphatic heterocycles. The van der Waals surface area contributed by atoms with E-state index in [0.717, 1.165) is 23.6 Å². The summed E-state index contributed by atoms with van der Waals surface area (Å²) in [5.74, 6) is 2.11. The van der Waals surface area contributed by atoms with Gasteiger partial charge in [0.1, 0.15) is 6.61 Å². The highest BCUT2D eigenvalue weighted by molar-refractivity contribution is 5.43. The Morgan fingerprint density at radius 1 is 1.09 bits per heavy atom. The molecule has 124 valence electrons. The summed E-state index contributed by atoms with van der Waals surface area (Å²) in [6.45, 7) is 7.92. The van der Waals surface area contributed by atoms with E-state index in [2.05, 4.69) is 37.1 Å². The Balaban J connectivity index is 2.03. The summed E-state index contributed by atoms with van der Waals surface area (Å²) in [5, 5.41) is 3.53. The maximum atomic E-state index is 5.92. The van der Waals surface area contributed by atoms with Crippen LogP contribution in [0.4, 0.5) is 0 Å². The third-order valence-corrected chi connectivity index (χ3v) is 3.97. The van der Waals surface area contributed by atoms with Crippen LogP contribution in [-0.2, 0) is 13.2 Å². The molecule has 0 radical (unpaired) electrons. The number of rotatable bonds is 8. The standard InChI is InChI=1S/C19H26N2O2/c1-14(2)15(3)21-12-16-7-8-18(22-4)19(10-16)23-13-17-6-5-9-20-11-17/h5-11,14-15,21H,12-13H2,1-4H3. The molecule has 1 unspecified atom stereocenters. The van der Waals surface area contributed by atoms with Crippen molar-refractivity contribution in [3.63, 3.8) is 0 Å². The van der Waals surface area contributed by atoms with Crippen LogP contribution in [0, 0.1) is 5.92 Å². The molecule has 0 amide bonds. The van der Waals surface area contributed by atoms with Crippen molar-refractivity contribution in [1.82, 2.24) is 10.3 Å². The van der Waals surface area contributed by atoms with Crippen LogP contribution in [-0.4, -0.2) is 18.1 Å². The zero-order valence-electron chi connectivity index (χ0n) is 14.4. The Bertz CT molecular complexity index is 600. The highest BCUT2D eigenvalue weighted by Crippen LogP contribution is 2.29. The number of hydrogen-bond acceptors (Lipinski definition) is 4. The minimum atomic E-state index is 0.469. The molecule has 0 aliphatic carbocycles. The molecule has 0 aliphatic rings. The first-order valence-corrected chi connectivity index (χ1v) is 8.02. The molecule has 1 heterocycles. The number of benzene rings is 1. The lowest BCUT2D eigenvalue weighted by molar-refractivity contribution is 0.283. The molecule has 0 saturated heterocycles. The average molecular weight is 314 g/mol. The van der Waals surface area contributed by atoms with E-state index in [-0.39, 0.29) is 0 Å². The minimum Gasteiger partial charge on any atom is -0.493 e. The summed E-state index contributed by atoms with van der Waals surface area (Å²) in [4.78, 5) is 4.10. The molecule has 1 atom stereocenters. The number of nitrogens with one attached hydrogen (secondary N) is 1. The van der Waals surface area contributed by atoms with Gasteiger partial charge >= 0.3 is 0 Å². The Morgan fingerprint density at radius 3 is 2.57 bits per heavy atom. The fourth-order valence-corrected chi connectivity index (χ4v) is 2.10. The number of pyridine rings is 1. The molecular weight excluding hydrogens is 288 g/mol. The van der Waals surface area contributed by atoms with Crippen LogP contribution in [0.5, 0.6) is 11.5 Å². The van der Waals surface area contributed by atoms with Crippen LogP contribution in [0.3, 0.4) is 0 Å². The maximum absolute atomic E-state index is 5.92. The molecule has 4 heteroatoms. The van der Waals surface area contributed by atoms with Gasteiger partial charge < -0.3 is 14.8 Å². The van der Waals surface area contributed by atoms with Gasteiger partial charge in [-0.1, -0.05) is 26.0 Å². The van der Waals surface area contributed by atoms with Gasteiger partial charge in [-0.3, -0.25) is 4.98 Å². The van der Waals surface area contributed by atoms with E-state index in [0.29, 0.717) is 18.6 Å². The SMILES string of the molecule is COc1ccc(CNC(C)C(C)C)cc1OCc1cccnc1. The van der Waals surface area contributed by atoms with Crippen LogP contribution in [0.25, 0.3) is 0 Å². The lowest BCUT2D eigenvalue weighted by Crippen LogP contribution is -2.30. The van der Waals surface area contributed by atoms with E-state index in [1.807, 2.05) is 30.5 Å². The molecule has 0 spiro atoms. The molecule has 1 aromatic heterocycles. The molecular formula is C19H26N2O2. The van der Waals surface area contributed by atoms with Crippen LogP contribution in [0.2, 0.25) is 0 Å². The van der Waals surface area contributed by atoms with Crippen molar-refractivity contribution < 1.29 is 9.47 Å². The van der Waals surface area contributed by atoms with E-state index in [4.69, 9.17) is 9.47 Å². The Kier molecular flexibility index (Phi) is 6.41. The number of methoxy groups -OCH3 is 1. The molecule has 1 N–H and O–H groups in total. The molecule has 1 aromatic carbocycles. The molecule has 0 fully saturated rings. The number of ether oxygens (including phenoxy) is 2. The topological polar surface area (TPSA) is 43.4 Å².